The van der Waals surface area contributed by atoms with Crippen LogP contribution in [0.1, 0.15) is 13.8 Å². The number of nitrogens with one attached hydrogen (secondary N) is 1. The molecule has 0 aromatic rings. The number of likely N-dealkylation sites (N-methyl/N-ethyl adjacent to an activating group) is 1. The fraction of sp³-hybridized carbons (Fsp3) is 1.00. The van der Waals surface area contributed by atoms with E-state index in [0.29, 0.717) is 12.0 Å². The van der Waals surface area contributed by atoms with Gasteiger partial charge in [-0.1, -0.05) is 13.8 Å². The molecule has 0 aromatic heterocycles. The maximum atomic E-state index is 4.99. The Morgan fingerprint density at radius 3 is 2.11 bits per heavy atom. The van der Waals surface area contributed by atoms with Crippen LogP contribution < -0.4 is 5.32 Å². The molecule has 0 aromatic carbocycles. The van der Waals surface area contributed by atoms with Gasteiger partial charge in [0.05, 0.1) is 6.61 Å². The minimum atomic E-state index is 0.495. The zero-order valence-corrected chi connectivity index (χ0v) is 6.77. The quantitative estimate of drug-likeness (QED) is 0.611. The van der Waals surface area contributed by atoms with E-state index in [2.05, 4.69) is 19.2 Å². The van der Waals surface area contributed by atoms with Crippen LogP contribution in [0.25, 0.3) is 0 Å². The molecular formula is C7H17NO. The summed E-state index contributed by atoms with van der Waals surface area (Å²) in [5.74, 6) is 0.648. The van der Waals surface area contributed by atoms with Crippen LogP contribution in [0, 0.1) is 5.92 Å². The van der Waals surface area contributed by atoms with Gasteiger partial charge in [-0.05, 0) is 13.0 Å². The molecule has 2 nitrogen and oxygen atoms in total. The van der Waals surface area contributed by atoms with E-state index < -0.39 is 0 Å². The van der Waals surface area contributed by atoms with Gasteiger partial charge in [-0.15, -0.1) is 0 Å². The van der Waals surface area contributed by atoms with Crippen molar-refractivity contribution in [1.29, 1.82) is 0 Å². The van der Waals surface area contributed by atoms with Gasteiger partial charge in [0, 0.05) is 13.2 Å². The summed E-state index contributed by atoms with van der Waals surface area (Å²) in [5, 5.41) is 3.18. The number of hydrogen-bond donors (Lipinski definition) is 1. The molecule has 1 atom stereocenters. The molecule has 56 valence electrons. The third-order valence-corrected chi connectivity index (χ3v) is 1.52. The Morgan fingerprint density at radius 2 is 2.00 bits per heavy atom. The van der Waals surface area contributed by atoms with Crippen LogP contribution in [-0.2, 0) is 4.74 Å². The standard InChI is InChI=1S/C7H17NO/c1-6(2)7(8-3)5-9-4/h6-8H,5H2,1-4H3/t7-/m1/s1. The highest BCUT2D eigenvalue weighted by Gasteiger charge is 2.08. The number of hydrogen-bond acceptors (Lipinski definition) is 2. The highest BCUT2D eigenvalue weighted by molar-refractivity contribution is 4.66. The van der Waals surface area contributed by atoms with Crippen LogP contribution in [0.2, 0.25) is 0 Å². The van der Waals surface area contributed by atoms with E-state index in [1.54, 1.807) is 7.11 Å². The van der Waals surface area contributed by atoms with E-state index in [1.807, 2.05) is 7.05 Å². The maximum Gasteiger partial charge on any atom is 0.0618 e. The van der Waals surface area contributed by atoms with E-state index in [-0.39, 0.29) is 0 Å². The molecule has 0 aliphatic heterocycles. The van der Waals surface area contributed by atoms with Crippen LogP contribution in [0.4, 0.5) is 0 Å². The maximum absolute atomic E-state index is 4.99. The lowest BCUT2D eigenvalue weighted by Gasteiger charge is -2.18. The van der Waals surface area contributed by atoms with Crippen LogP contribution >= 0.6 is 0 Å². The Labute approximate surface area is 57.6 Å². The molecule has 0 radical (unpaired) electrons. The van der Waals surface area contributed by atoms with Crippen molar-refractivity contribution in [3.63, 3.8) is 0 Å². The molecule has 0 saturated heterocycles. The number of ether oxygens (including phenoxy) is 1. The molecule has 2 heteroatoms. The lowest BCUT2D eigenvalue weighted by atomic mass is 10.1. The van der Waals surface area contributed by atoms with Crippen LogP contribution in [0.15, 0.2) is 0 Å². The Hall–Kier alpha value is -0.0800. The fourth-order valence-corrected chi connectivity index (χ4v) is 0.789. The summed E-state index contributed by atoms with van der Waals surface area (Å²) in [6.07, 6.45) is 0. The highest BCUT2D eigenvalue weighted by Crippen LogP contribution is 1.99. The van der Waals surface area contributed by atoms with E-state index in [9.17, 15) is 0 Å². The van der Waals surface area contributed by atoms with Crippen molar-refractivity contribution in [3.8, 4) is 0 Å². The van der Waals surface area contributed by atoms with Crippen LogP contribution in [-0.4, -0.2) is 26.8 Å². The van der Waals surface area contributed by atoms with Crippen molar-refractivity contribution in [3.05, 3.63) is 0 Å². The van der Waals surface area contributed by atoms with Crippen molar-refractivity contribution < 1.29 is 4.74 Å². The van der Waals surface area contributed by atoms with E-state index in [0.717, 1.165) is 6.61 Å². The van der Waals surface area contributed by atoms with Gasteiger partial charge in [0.1, 0.15) is 0 Å². The fourth-order valence-electron chi connectivity index (χ4n) is 0.789. The topological polar surface area (TPSA) is 21.3 Å². The molecule has 0 spiro atoms. The van der Waals surface area contributed by atoms with Gasteiger partial charge in [0.15, 0.2) is 0 Å². The molecule has 0 heterocycles. The van der Waals surface area contributed by atoms with Crippen molar-refractivity contribution in [2.75, 3.05) is 20.8 Å². The summed E-state index contributed by atoms with van der Waals surface area (Å²) in [6.45, 7) is 5.16. The first-order valence-electron chi connectivity index (χ1n) is 3.38. The van der Waals surface area contributed by atoms with Gasteiger partial charge in [-0.3, -0.25) is 0 Å². The minimum absolute atomic E-state index is 0.495. The molecule has 0 aliphatic rings. The van der Waals surface area contributed by atoms with Crippen molar-refractivity contribution in [2.45, 2.75) is 19.9 Å². The van der Waals surface area contributed by atoms with Gasteiger partial charge < -0.3 is 10.1 Å². The van der Waals surface area contributed by atoms with E-state index in [1.165, 1.54) is 0 Å². The Kier molecular flexibility index (Phi) is 4.72. The average molecular weight is 131 g/mol. The molecule has 0 aliphatic carbocycles. The van der Waals surface area contributed by atoms with Crippen molar-refractivity contribution in [2.24, 2.45) is 5.92 Å². The zero-order chi connectivity index (χ0) is 7.28. The SMILES string of the molecule is CN[C@H](COC)C(C)C. The van der Waals surface area contributed by atoms with Gasteiger partial charge in [0.2, 0.25) is 0 Å². The summed E-state index contributed by atoms with van der Waals surface area (Å²) in [7, 11) is 3.69. The molecule has 0 fully saturated rings. The molecule has 9 heavy (non-hydrogen) atoms. The van der Waals surface area contributed by atoms with E-state index >= 15 is 0 Å². The smallest absolute Gasteiger partial charge is 0.0618 e. The first-order chi connectivity index (χ1) is 4.22. The Morgan fingerprint density at radius 1 is 1.44 bits per heavy atom. The third kappa shape index (κ3) is 3.49. The first kappa shape index (κ1) is 8.92. The van der Waals surface area contributed by atoms with Gasteiger partial charge in [-0.25, -0.2) is 0 Å². The van der Waals surface area contributed by atoms with E-state index in [4.69, 9.17) is 4.74 Å². The summed E-state index contributed by atoms with van der Waals surface area (Å²) >= 11 is 0. The predicted molar refractivity (Wildman–Crippen MR) is 39.6 cm³/mol. The molecular weight excluding hydrogens is 114 g/mol. The van der Waals surface area contributed by atoms with Gasteiger partial charge in [-0.2, -0.15) is 0 Å². The monoisotopic (exact) mass is 131 g/mol. The summed E-state index contributed by atoms with van der Waals surface area (Å²) in [4.78, 5) is 0. The van der Waals surface area contributed by atoms with Crippen molar-refractivity contribution >= 4 is 0 Å². The number of methoxy groups -OCH3 is 1. The summed E-state index contributed by atoms with van der Waals surface area (Å²) in [6, 6.07) is 0.495. The third-order valence-electron chi connectivity index (χ3n) is 1.52. The normalized spacial score (nSPS) is 14.3. The second kappa shape index (κ2) is 4.77. The van der Waals surface area contributed by atoms with Crippen LogP contribution in [0.3, 0.4) is 0 Å². The zero-order valence-electron chi connectivity index (χ0n) is 6.77. The molecule has 1 N–H and O–H groups in total. The lowest BCUT2D eigenvalue weighted by molar-refractivity contribution is 0.151. The Bertz CT molecular complexity index is 63.9. The predicted octanol–water partition coefficient (Wildman–Crippen LogP) is 0.877. The minimum Gasteiger partial charge on any atom is -0.383 e. The Balaban J connectivity index is 3.41. The first-order valence-corrected chi connectivity index (χ1v) is 3.38. The van der Waals surface area contributed by atoms with Gasteiger partial charge >= 0.3 is 0 Å². The second-order valence-electron chi connectivity index (χ2n) is 2.59. The molecule has 0 bridgehead atoms. The molecule has 0 rings (SSSR count). The molecule has 0 amide bonds. The molecule has 0 unspecified atom stereocenters. The lowest BCUT2D eigenvalue weighted by Crippen LogP contribution is -2.34. The summed E-state index contributed by atoms with van der Waals surface area (Å²) in [5.41, 5.74) is 0. The highest BCUT2D eigenvalue weighted by atomic mass is 16.5. The number of rotatable bonds is 4. The second-order valence-corrected chi connectivity index (χ2v) is 2.59. The average Bonchev–Trinajstić information content (AvgIpc) is 1.82. The van der Waals surface area contributed by atoms with Gasteiger partial charge in [0.25, 0.3) is 0 Å². The van der Waals surface area contributed by atoms with Crippen LogP contribution in [0.5, 0.6) is 0 Å². The molecule has 0 saturated carbocycles. The largest absolute Gasteiger partial charge is 0.383 e. The summed E-state index contributed by atoms with van der Waals surface area (Å²) < 4.78 is 4.99. The van der Waals surface area contributed by atoms with Crippen molar-refractivity contribution in [1.82, 2.24) is 5.32 Å².